The maximum absolute atomic E-state index is 5.64. The quantitative estimate of drug-likeness (QED) is 0.871. The lowest BCUT2D eigenvalue weighted by molar-refractivity contribution is -0.0605. The second kappa shape index (κ2) is 4.97. The molecule has 4 aliphatic carbocycles. The molecule has 116 valence electrons. The van der Waals surface area contributed by atoms with Crippen LogP contribution in [-0.4, -0.2) is 22.8 Å². The number of hydrogen-bond donors (Lipinski definition) is 2. The van der Waals surface area contributed by atoms with Crippen molar-refractivity contribution in [1.29, 1.82) is 0 Å². The van der Waals surface area contributed by atoms with E-state index in [0.717, 1.165) is 17.8 Å². The van der Waals surface area contributed by atoms with Gasteiger partial charge >= 0.3 is 6.01 Å². The third-order valence-electron chi connectivity index (χ3n) is 6.17. The van der Waals surface area contributed by atoms with Crippen LogP contribution in [0.4, 0.5) is 6.01 Å². The lowest BCUT2D eigenvalue weighted by atomic mass is 9.48. The number of nitrogens with two attached hydrogens (primary N) is 1. The van der Waals surface area contributed by atoms with Crippen molar-refractivity contribution in [1.82, 2.24) is 10.2 Å². The molecular weight excluding hydrogens is 264 g/mol. The lowest BCUT2D eigenvalue weighted by Crippen LogP contribution is -2.52. The van der Waals surface area contributed by atoms with Crippen LogP contribution in [0, 0.1) is 23.2 Å². The molecule has 1 atom stereocenters. The van der Waals surface area contributed by atoms with Crippen molar-refractivity contribution in [3.63, 3.8) is 0 Å². The first-order chi connectivity index (χ1) is 10.2. The van der Waals surface area contributed by atoms with Gasteiger partial charge in [0.25, 0.3) is 0 Å². The summed E-state index contributed by atoms with van der Waals surface area (Å²) < 4.78 is 5.64. The Labute approximate surface area is 126 Å². The highest BCUT2D eigenvalue weighted by atomic mass is 16.4. The van der Waals surface area contributed by atoms with Gasteiger partial charge in [-0.1, -0.05) is 5.10 Å². The van der Waals surface area contributed by atoms with E-state index in [1.165, 1.54) is 38.5 Å². The zero-order valence-electron chi connectivity index (χ0n) is 12.8. The molecule has 0 saturated heterocycles. The van der Waals surface area contributed by atoms with Gasteiger partial charge in [-0.2, -0.15) is 0 Å². The van der Waals surface area contributed by atoms with Crippen LogP contribution in [0.3, 0.4) is 0 Å². The Kier molecular flexibility index (Phi) is 3.21. The Morgan fingerprint density at radius 2 is 1.81 bits per heavy atom. The van der Waals surface area contributed by atoms with Crippen LogP contribution in [-0.2, 0) is 6.42 Å². The van der Waals surface area contributed by atoms with Gasteiger partial charge < -0.3 is 15.5 Å². The van der Waals surface area contributed by atoms with Crippen LogP contribution in [0.1, 0.15) is 51.3 Å². The van der Waals surface area contributed by atoms with Gasteiger partial charge in [-0.05, 0) is 68.6 Å². The van der Waals surface area contributed by atoms with E-state index in [2.05, 4.69) is 22.4 Å². The molecule has 21 heavy (non-hydrogen) atoms. The summed E-state index contributed by atoms with van der Waals surface area (Å²) in [6.45, 7) is 2.85. The van der Waals surface area contributed by atoms with Gasteiger partial charge in [0, 0.05) is 19.0 Å². The van der Waals surface area contributed by atoms with E-state index in [1.807, 2.05) is 0 Å². The van der Waals surface area contributed by atoms with E-state index in [9.17, 15) is 0 Å². The third kappa shape index (κ3) is 2.35. The summed E-state index contributed by atoms with van der Waals surface area (Å²) in [4.78, 5) is 0. The topological polar surface area (TPSA) is 77.0 Å². The Morgan fingerprint density at radius 3 is 2.38 bits per heavy atom. The van der Waals surface area contributed by atoms with Crippen molar-refractivity contribution in [2.24, 2.45) is 28.9 Å². The molecule has 1 unspecified atom stereocenters. The minimum Gasteiger partial charge on any atom is -0.408 e. The number of anilines is 1. The Bertz CT molecular complexity index is 477. The Balaban J connectivity index is 1.47. The monoisotopic (exact) mass is 290 g/mol. The number of hydrogen-bond acceptors (Lipinski definition) is 5. The molecule has 0 aliphatic heterocycles. The van der Waals surface area contributed by atoms with E-state index in [-0.39, 0.29) is 0 Å². The Morgan fingerprint density at radius 1 is 1.19 bits per heavy atom. The van der Waals surface area contributed by atoms with Crippen LogP contribution >= 0.6 is 0 Å². The number of nitrogens with zero attached hydrogens (tertiary/aromatic N) is 2. The zero-order chi connectivity index (χ0) is 14.4. The maximum atomic E-state index is 5.64. The highest BCUT2D eigenvalue weighted by molar-refractivity contribution is 5.22. The van der Waals surface area contributed by atoms with Gasteiger partial charge in [0.05, 0.1) is 0 Å². The molecule has 4 fully saturated rings. The second-order valence-electron chi connectivity index (χ2n) is 7.69. The van der Waals surface area contributed by atoms with Crippen LogP contribution in [0.2, 0.25) is 0 Å². The van der Waals surface area contributed by atoms with Gasteiger partial charge in [0.2, 0.25) is 5.89 Å². The first-order valence-corrected chi connectivity index (χ1v) is 8.46. The van der Waals surface area contributed by atoms with Crippen LogP contribution < -0.4 is 11.1 Å². The summed E-state index contributed by atoms with van der Waals surface area (Å²) in [5.41, 5.74) is 5.98. The highest BCUT2D eigenvalue weighted by Crippen LogP contribution is 2.61. The number of aromatic nitrogens is 2. The standard InChI is InChI=1S/C16H26N4O/c1-10(18-15-20-19-14(21-15)2-3-17)16-7-11-4-12(8-16)6-13(5-11)9-16/h10-13H,2-9,17H2,1H3,(H,18,20). The van der Waals surface area contributed by atoms with Crippen molar-refractivity contribution in [3.8, 4) is 0 Å². The zero-order valence-corrected chi connectivity index (χ0v) is 12.8. The smallest absolute Gasteiger partial charge is 0.315 e. The van der Waals surface area contributed by atoms with E-state index < -0.39 is 0 Å². The largest absolute Gasteiger partial charge is 0.408 e. The summed E-state index contributed by atoms with van der Waals surface area (Å²) in [6, 6.07) is 0.985. The molecule has 5 rings (SSSR count). The van der Waals surface area contributed by atoms with E-state index in [0.29, 0.717) is 36.3 Å². The summed E-state index contributed by atoms with van der Waals surface area (Å²) in [6.07, 6.45) is 9.25. The lowest BCUT2D eigenvalue weighted by Gasteiger charge is -2.59. The van der Waals surface area contributed by atoms with Crippen LogP contribution in [0.25, 0.3) is 0 Å². The fourth-order valence-electron chi connectivity index (χ4n) is 5.58. The molecule has 1 heterocycles. The average Bonchev–Trinajstić information content (AvgIpc) is 2.85. The van der Waals surface area contributed by atoms with E-state index in [1.54, 1.807) is 0 Å². The molecule has 3 N–H and O–H groups in total. The molecule has 0 spiro atoms. The van der Waals surface area contributed by atoms with Crippen molar-refractivity contribution < 1.29 is 4.42 Å². The number of rotatable bonds is 5. The third-order valence-corrected chi connectivity index (χ3v) is 6.17. The molecule has 5 nitrogen and oxygen atoms in total. The normalized spacial score (nSPS) is 38.7. The fourth-order valence-corrected chi connectivity index (χ4v) is 5.58. The van der Waals surface area contributed by atoms with Crippen molar-refractivity contribution in [3.05, 3.63) is 5.89 Å². The van der Waals surface area contributed by atoms with Gasteiger partial charge in [-0.15, -0.1) is 5.10 Å². The van der Waals surface area contributed by atoms with Gasteiger partial charge in [0.1, 0.15) is 0 Å². The number of nitrogens with one attached hydrogen (secondary N) is 1. The maximum Gasteiger partial charge on any atom is 0.315 e. The summed E-state index contributed by atoms with van der Waals surface area (Å²) in [5, 5.41) is 11.7. The molecular formula is C16H26N4O. The van der Waals surface area contributed by atoms with Crippen molar-refractivity contribution >= 4 is 6.01 Å². The van der Waals surface area contributed by atoms with Crippen LogP contribution in [0.5, 0.6) is 0 Å². The van der Waals surface area contributed by atoms with E-state index in [4.69, 9.17) is 10.2 Å². The van der Waals surface area contributed by atoms with Gasteiger partial charge in [0.15, 0.2) is 0 Å². The first-order valence-electron chi connectivity index (χ1n) is 8.46. The summed E-state index contributed by atoms with van der Waals surface area (Å²) >= 11 is 0. The van der Waals surface area contributed by atoms with Crippen LogP contribution in [0.15, 0.2) is 4.42 Å². The van der Waals surface area contributed by atoms with E-state index >= 15 is 0 Å². The minimum atomic E-state index is 0.414. The molecule has 0 aromatic carbocycles. The summed E-state index contributed by atoms with van der Waals surface area (Å²) in [5.74, 6) is 3.54. The molecule has 4 bridgehead atoms. The first kappa shape index (κ1) is 13.6. The molecule has 4 aliphatic rings. The van der Waals surface area contributed by atoms with Crippen molar-refractivity contribution in [2.45, 2.75) is 57.9 Å². The predicted molar refractivity (Wildman–Crippen MR) is 80.7 cm³/mol. The predicted octanol–water partition coefficient (Wildman–Crippen LogP) is 2.59. The SMILES string of the molecule is CC(Nc1nnc(CCN)o1)C12CC3CC(CC(C3)C1)C2. The molecule has 1 aromatic heterocycles. The second-order valence-corrected chi connectivity index (χ2v) is 7.69. The molecule has 0 amide bonds. The molecule has 0 radical (unpaired) electrons. The fraction of sp³-hybridized carbons (Fsp3) is 0.875. The molecule has 4 saturated carbocycles. The summed E-state index contributed by atoms with van der Waals surface area (Å²) in [7, 11) is 0. The highest BCUT2D eigenvalue weighted by Gasteiger charge is 2.53. The van der Waals surface area contributed by atoms with Gasteiger partial charge in [-0.3, -0.25) is 0 Å². The Hall–Kier alpha value is -1.10. The van der Waals surface area contributed by atoms with Crippen molar-refractivity contribution in [2.75, 3.05) is 11.9 Å². The minimum absolute atomic E-state index is 0.414. The molecule has 1 aromatic rings. The average molecular weight is 290 g/mol. The van der Waals surface area contributed by atoms with Gasteiger partial charge in [-0.25, -0.2) is 0 Å². The molecule has 5 heteroatoms.